The third-order valence-corrected chi connectivity index (χ3v) is 2.62. The molecular weight excluding hydrogens is 228 g/mol. The van der Waals surface area contributed by atoms with Crippen LogP contribution in [0.1, 0.15) is 5.69 Å². The molecule has 0 fully saturated rings. The van der Waals surface area contributed by atoms with Gasteiger partial charge in [-0.15, -0.1) is 0 Å². The Bertz CT molecular complexity index is 430. The van der Waals surface area contributed by atoms with Gasteiger partial charge < -0.3 is 10.4 Å². The number of nitrogens with one attached hydrogen (secondary N) is 1. The lowest BCUT2D eigenvalue weighted by atomic mass is 10.2. The number of hydrogen-bond donors (Lipinski definition) is 2. The predicted octanol–water partition coefficient (Wildman–Crippen LogP) is 0.471. The first-order valence-electron chi connectivity index (χ1n) is 6.11. The molecule has 0 aliphatic carbocycles. The van der Waals surface area contributed by atoms with E-state index in [1.54, 1.807) is 17.1 Å². The molecule has 2 N–H and O–H groups in total. The van der Waals surface area contributed by atoms with Crippen molar-refractivity contribution < 1.29 is 5.11 Å². The molecule has 5 nitrogen and oxygen atoms in total. The van der Waals surface area contributed by atoms with Crippen LogP contribution in [0.15, 0.2) is 42.9 Å². The third-order valence-electron chi connectivity index (χ3n) is 2.62. The fourth-order valence-corrected chi connectivity index (χ4v) is 1.72. The molecule has 0 bridgehead atoms. The summed E-state index contributed by atoms with van der Waals surface area (Å²) >= 11 is 0. The lowest BCUT2D eigenvalue weighted by molar-refractivity contribution is 0.147. The minimum absolute atomic E-state index is 0.423. The second-order valence-corrected chi connectivity index (χ2v) is 4.16. The molecule has 2 aromatic rings. The van der Waals surface area contributed by atoms with Crippen molar-refractivity contribution in [2.75, 3.05) is 13.1 Å². The number of aliphatic hydroxyl groups is 1. The van der Waals surface area contributed by atoms with Crippen LogP contribution in [0.3, 0.4) is 0 Å². The van der Waals surface area contributed by atoms with Gasteiger partial charge in [0.05, 0.1) is 12.6 Å². The van der Waals surface area contributed by atoms with Gasteiger partial charge in [-0.25, -0.2) is 0 Å². The molecule has 96 valence electrons. The van der Waals surface area contributed by atoms with Crippen molar-refractivity contribution in [3.8, 4) is 0 Å². The zero-order valence-corrected chi connectivity index (χ0v) is 10.2. The van der Waals surface area contributed by atoms with E-state index >= 15 is 0 Å². The number of hydrogen-bond acceptors (Lipinski definition) is 4. The fraction of sp³-hybridized carbons (Fsp3) is 0.385. The SMILES string of the molecule is OC(CNCCc1ccccn1)Cn1cccn1. The molecule has 0 radical (unpaired) electrons. The monoisotopic (exact) mass is 246 g/mol. The van der Waals surface area contributed by atoms with Crippen LogP contribution in [0.2, 0.25) is 0 Å². The maximum atomic E-state index is 9.78. The predicted molar refractivity (Wildman–Crippen MR) is 69.0 cm³/mol. The Labute approximate surface area is 106 Å². The van der Waals surface area contributed by atoms with Crippen molar-refractivity contribution >= 4 is 0 Å². The topological polar surface area (TPSA) is 63.0 Å². The van der Waals surface area contributed by atoms with E-state index in [4.69, 9.17) is 0 Å². The van der Waals surface area contributed by atoms with E-state index in [1.807, 2.05) is 30.5 Å². The summed E-state index contributed by atoms with van der Waals surface area (Å²) in [6.07, 6.45) is 5.80. The highest BCUT2D eigenvalue weighted by Gasteiger charge is 2.04. The van der Waals surface area contributed by atoms with Gasteiger partial charge in [0.2, 0.25) is 0 Å². The lowest BCUT2D eigenvalue weighted by Crippen LogP contribution is -2.31. The molecule has 0 amide bonds. The molecule has 5 heteroatoms. The molecule has 0 aliphatic heterocycles. The molecule has 0 saturated heterocycles. The van der Waals surface area contributed by atoms with Gasteiger partial charge >= 0.3 is 0 Å². The Morgan fingerprint density at radius 2 is 2.22 bits per heavy atom. The number of aromatic nitrogens is 3. The quantitative estimate of drug-likeness (QED) is 0.697. The van der Waals surface area contributed by atoms with Crippen molar-refractivity contribution in [1.82, 2.24) is 20.1 Å². The minimum Gasteiger partial charge on any atom is -0.390 e. The van der Waals surface area contributed by atoms with Gasteiger partial charge in [0.15, 0.2) is 0 Å². The Balaban J connectivity index is 1.60. The highest BCUT2D eigenvalue weighted by molar-refractivity contribution is 5.03. The van der Waals surface area contributed by atoms with Crippen molar-refractivity contribution in [3.63, 3.8) is 0 Å². The smallest absolute Gasteiger partial charge is 0.0860 e. The number of aliphatic hydroxyl groups excluding tert-OH is 1. The van der Waals surface area contributed by atoms with Crippen LogP contribution in [0.5, 0.6) is 0 Å². The molecule has 2 rings (SSSR count). The molecule has 0 saturated carbocycles. The van der Waals surface area contributed by atoms with Gasteiger partial charge in [-0.1, -0.05) is 6.07 Å². The van der Waals surface area contributed by atoms with E-state index in [1.165, 1.54) is 0 Å². The van der Waals surface area contributed by atoms with Crippen molar-refractivity contribution in [2.45, 2.75) is 19.1 Å². The normalized spacial score (nSPS) is 12.5. The summed E-state index contributed by atoms with van der Waals surface area (Å²) < 4.78 is 1.73. The molecule has 0 spiro atoms. The molecule has 2 aromatic heterocycles. The number of pyridine rings is 1. The minimum atomic E-state index is -0.423. The largest absolute Gasteiger partial charge is 0.390 e. The summed E-state index contributed by atoms with van der Waals surface area (Å²) in [7, 11) is 0. The number of nitrogens with zero attached hydrogens (tertiary/aromatic N) is 3. The molecule has 18 heavy (non-hydrogen) atoms. The van der Waals surface area contributed by atoms with Crippen LogP contribution in [-0.2, 0) is 13.0 Å². The Morgan fingerprint density at radius 1 is 1.28 bits per heavy atom. The Morgan fingerprint density at radius 3 is 2.94 bits per heavy atom. The molecular formula is C13H18N4O. The van der Waals surface area contributed by atoms with E-state index in [0.29, 0.717) is 13.1 Å². The maximum Gasteiger partial charge on any atom is 0.0860 e. The van der Waals surface area contributed by atoms with E-state index < -0.39 is 6.10 Å². The average molecular weight is 246 g/mol. The molecule has 0 aliphatic rings. The Kier molecular flexibility index (Phi) is 4.87. The van der Waals surface area contributed by atoms with Crippen molar-refractivity contribution in [2.24, 2.45) is 0 Å². The van der Waals surface area contributed by atoms with E-state index in [9.17, 15) is 5.11 Å². The van der Waals surface area contributed by atoms with E-state index in [2.05, 4.69) is 15.4 Å². The molecule has 1 atom stereocenters. The van der Waals surface area contributed by atoms with Crippen LogP contribution >= 0.6 is 0 Å². The van der Waals surface area contributed by atoms with Crippen LogP contribution in [-0.4, -0.2) is 39.1 Å². The number of rotatable bonds is 7. The molecule has 1 unspecified atom stereocenters. The van der Waals surface area contributed by atoms with E-state index in [-0.39, 0.29) is 0 Å². The van der Waals surface area contributed by atoms with Gasteiger partial charge in [-0.3, -0.25) is 9.67 Å². The van der Waals surface area contributed by atoms with Crippen LogP contribution in [0.4, 0.5) is 0 Å². The zero-order valence-electron chi connectivity index (χ0n) is 10.2. The first kappa shape index (κ1) is 12.7. The van der Waals surface area contributed by atoms with E-state index in [0.717, 1.165) is 18.7 Å². The van der Waals surface area contributed by atoms with Crippen LogP contribution in [0, 0.1) is 0 Å². The first-order chi connectivity index (χ1) is 8.84. The van der Waals surface area contributed by atoms with Gasteiger partial charge in [0.1, 0.15) is 0 Å². The maximum absolute atomic E-state index is 9.78. The van der Waals surface area contributed by atoms with Gasteiger partial charge in [0, 0.05) is 43.8 Å². The van der Waals surface area contributed by atoms with Crippen molar-refractivity contribution in [1.29, 1.82) is 0 Å². The summed E-state index contributed by atoms with van der Waals surface area (Å²) in [4.78, 5) is 4.24. The summed E-state index contributed by atoms with van der Waals surface area (Å²) in [6.45, 7) is 1.89. The van der Waals surface area contributed by atoms with Gasteiger partial charge in [-0.2, -0.15) is 5.10 Å². The average Bonchev–Trinajstić information content (AvgIpc) is 2.89. The summed E-state index contributed by atoms with van der Waals surface area (Å²) in [5.41, 5.74) is 1.06. The second kappa shape index (κ2) is 6.88. The third kappa shape index (κ3) is 4.27. The summed E-state index contributed by atoms with van der Waals surface area (Å²) in [6, 6.07) is 7.74. The van der Waals surface area contributed by atoms with Crippen LogP contribution in [0.25, 0.3) is 0 Å². The fourth-order valence-electron chi connectivity index (χ4n) is 1.72. The molecule has 2 heterocycles. The standard InChI is InChI=1S/C13H18N4O/c18-13(11-17-9-3-7-16-17)10-14-8-5-12-4-1-2-6-15-12/h1-4,6-7,9,13-14,18H,5,8,10-11H2. The van der Waals surface area contributed by atoms with Gasteiger partial charge in [0.25, 0.3) is 0 Å². The van der Waals surface area contributed by atoms with Gasteiger partial charge in [-0.05, 0) is 18.2 Å². The van der Waals surface area contributed by atoms with Crippen LogP contribution < -0.4 is 5.32 Å². The summed E-state index contributed by atoms with van der Waals surface area (Å²) in [5.74, 6) is 0. The molecule has 0 aromatic carbocycles. The second-order valence-electron chi connectivity index (χ2n) is 4.16. The first-order valence-corrected chi connectivity index (χ1v) is 6.11. The highest BCUT2D eigenvalue weighted by Crippen LogP contribution is 1.94. The lowest BCUT2D eigenvalue weighted by Gasteiger charge is -2.11. The highest BCUT2D eigenvalue weighted by atomic mass is 16.3. The van der Waals surface area contributed by atoms with Crippen molar-refractivity contribution in [3.05, 3.63) is 48.5 Å². The Hall–Kier alpha value is -1.72. The summed E-state index contributed by atoms with van der Waals surface area (Å²) in [5, 5.41) is 17.0. The zero-order chi connectivity index (χ0) is 12.6.